The Morgan fingerprint density at radius 3 is 2.45 bits per heavy atom. The molecule has 0 saturated heterocycles. The number of carbonyl (C=O) groups is 2. The number of methoxy groups -OCH3 is 1. The van der Waals surface area contributed by atoms with Crippen LogP contribution in [0.4, 0.5) is 4.39 Å². The van der Waals surface area contributed by atoms with Gasteiger partial charge in [-0.25, -0.2) is 9.18 Å². The second-order valence-corrected chi connectivity index (χ2v) is 5.30. The lowest BCUT2D eigenvalue weighted by molar-refractivity contribution is -0.145. The van der Waals surface area contributed by atoms with Gasteiger partial charge in [-0.05, 0) is 24.1 Å². The standard InChI is InChI=1S/C17H24FNO3/c1-3-4-5-6-7-15(17(21)22-2)19-16(20)12-13-8-10-14(18)11-9-13/h8-11,15H,3-7,12H2,1-2H3,(H,19,20)/t15-/m1/s1. The lowest BCUT2D eigenvalue weighted by Gasteiger charge is -2.16. The van der Waals surface area contributed by atoms with Gasteiger partial charge in [0.2, 0.25) is 5.91 Å². The summed E-state index contributed by atoms with van der Waals surface area (Å²) in [7, 11) is 1.31. The predicted octanol–water partition coefficient (Wildman–Crippen LogP) is 3.00. The minimum absolute atomic E-state index is 0.114. The zero-order valence-corrected chi connectivity index (χ0v) is 13.2. The van der Waals surface area contributed by atoms with Crippen LogP contribution in [-0.2, 0) is 20.7 Å². The lowest BCUT2D eigenvalue weighted by Crippen LogP contribution is -2.42. The van der Waals surface area contributed by atoms with E-state index in [0.717, 1.165) is 25.7 Å². The van der Waals surface area contributed by atoms with E-state index in [1.807, 2.05) is 0 Å². The maximum Gasteiger partial charge on any atom is 0.328 e. The summed E-state index contributed by atoms with van der Waals surface area (Å²) in [5.41, 5.74) is 0.702. The number of hydrogen-bond donors (Lipinski definition) is 1. The van der Waals surface area contributed by atoms with Crippen molar-refractivity contribution in [2.24, 2.45) is 0 Å². The molecule has 1 amide bonds. The normalized spacial score (nSPS) is 11.8. The van der Waals surface area contributed by atoms with Crippen molar-refractivity contribution in [2.45, 2.75) is 51.5 Å². The molecule has 0 aliphatic rings. The first-order valence-electron chi connectivity index (χ1n) is 7.68. The molecule has 122 valence electrons. The summed E-state index contributed by atoms with van der Waals surface area (Å²) in [5, 5.41) is 2.70. The van der Waals surface area contributed by atoms with E-state index in [4.69, 9.17) is 4.74 Å². The van der Waals surface area contributed by atoms with Crippen LogP contribution in [0.25, 0.3) is 0 Å². The maximum absolute atomic E-state index is 12.8. The van der Waals surface area contributed by atoms with E-state index in [-0.39, 0.29) is 18.1 Å². The summed E-state index contributed by atoms with van der Waals surface area (Å²) in [6.07, 6.45) is 4.80. The molecule has 5 heteroatoms. The van der Waals surface area contributed by atoms with Gasteiger partial charge in [-0.2, -0.15) is 0 Å². The molecule has 0 radical (unpaired) electrons. The second-order valence-electron chi connectivity index (χ2n) is 5.30. The van der Waals surface area contributed by atoms with Crippen molar-refractivity contribution in [3.63, 3.8) is 0 Å². The topological polar surface area (TPSA) is 55.4 Å². The van der Waals surface area contributed by atoms with Crippen molar-refractivity contribution in [1.29, 1.82) is 0 Å². The molecule has 0 saturated carbocycles. The molecule has 1 N–H and O–H groups in total. The maximum atomic E-state index is 12.8. The molecule has 1 aromatic carbocycles. The molecule has 22 heavy (non-hydrogen) atoms. The van der Waals surface area contributed by atoms with E-state index >= 15 is 0 Å². The average Bonchev–Trinajstić information content (AvgIpc) is 2.51. The summed E-state index contributed by atoms with van der Waals surface area (Å²) in [6, 6.07) is 5.12. The molecule has 0 aliphatic heterocycles. The molecule has 4 nitrogen and oxygen atoms in total. The van der Waals surface area contributed by atoms with Gasteiger partial charge in [-0.15, -0.1) is 0 Å². The van der Waals surface area contributed by atoms with Crippen LogP contribution in [0, 0.1) is 5.82 Å². The molecule has 1 aromatic rings. The Hall–Kier alpha value is -1.91. The summed E-state index contributed by atoms with van der Waals surface area (Å²) in [6.45, 7) is 2.11. The Morgan fingerprint density at radius 2 is 1.86 bits per heavy atom. The first-order chi connectivity index (χ1) is 10.6. The van der Waals surface area contributed by atoms with Crippen LogP contribution in [0.2, 0.25) is 0 Å². The molecule has 0 aliphatic carbocycles. The van der Waals surface area contributed by atoms with Gasteiger partial charge in [0, 0.05) is 0 Å². The van der Waals surface area contributed by atoms with Gasteiger partial charge in [-0.1, -0.05) is 44.7 Å². The van der Waals surface area contributed by atoms with Crippen molar-refractivity contribution in [2.75, 3.05) is 7.11 Å². The Bertz CT molecular complexity index is 473. The zero-order chi connectivity index (χ0) is 16.4. The Morgan fingerprint density at radius 1 is 1.18 bits per heavy atom. The summed E-state index contributed by atoms with van der Waals surface area (Å²) in [4.78, 5) is 23.7. The van der Waals surface area contributed by atoms with Gasteiger partial charge in [0.05, 0.1) is 13.5 Å². The van der Waals surface area contributed by atoms with E-state index in [1.165, 1.54) is 19.2 Å². The highest BCUT2D eigenvalue weighted by Gasteiger charge is 2.20. The highest BCUT2D eigenvalue weighted by Crippen LogP contribution is 2.08. The molecular weight excluding hydrogens is 285 g/mol. The SMILES string of the molecule is CCCCCC[C@@H](NC(=O)Cc1ccc(F)cc1)C(=O)OC. The van der Waals surface area contributed by atoms with Crippen molar-refractivity contribution in [3.8, 4) is 0 Å². The number of rotatable bonds is 9. The highest BCUT2D eigenvalue weighted by atomic mass is 19.1. The number of amides is 1. The molecular formula is C17H24FNO3. The van der Waals surface area contributed by atoms with Crippen LogP contribution in [-0.4, -0.2) is 25.0 Å². The Balaban J connectivity index is 2.50. The molecule has 0 fully saturated rings. The summed E-state index contributed by atoms with van der Waals surface area (Å²) >= 11 is 0. The van der Waals surface area contributed by atoms with Gasteiger partial charge >= 0.3 is 5.97 Å². The lowest BCUT2D eigenvalue weighted by atomic mass is 10.1. The molecule has 0 unspecified atom stereocenters. The third kappa shape index (κ3) is 6.70. The van der Waals surface area contributed by atoms with E-state index in [2.05, 4.69) is 12.2 Å². The highest BCUT2D eigenvalue weighted by molar-refractivity contribution is 5.85. The molecule has 0 aromatic heterocycles. The van der Waals surface area contributed by atoms with Gasteiger partial charge in [-0.3, -0.25) is 4.79 Å². The third-order valence-electron chi connectivity index (χ3n) is 3.45. The van der Waals surface area contributed by atoms with E-state index in [1.54, 1.807) is 12.1 Å². The predicted molar refractivity (Wildman–Crippen MR) is 82.8 cm³/mol. The quantitative estimate of drug-likeness (QED) is 0.563. The number of unbranched alkanes of at least 4 members (excludes halogenated alkanes) is 3. The molecule has 0 bridgehead atoms. The van der Waals surface area contributed by atoms with Crippen LogP contribution in [0.15, 0.2) is 24.3 Å². The van der Waals surface area contributed by atoms with E-state index < -0.39 is 12.0 Å². The van der Waals surface area contributed by atoms with Gasteiger partial charge < -0.3 is 10.1 Å². The van der Waals surface area contributed by atoms with Crippen LogP contribution in [0.5, 0.6) is 0 Å². The Kier molecular flexibility index (Phi) is 8.18. The fourth-order valence-electron chi connectivity index (χ4n) is 2.20. The number of halogens is 1. The molecule has 1 atom stereocenters. The summed E-state index contributed by atoms with van der Waals surface area (Å²) < 4.78 is 17.6. The second kappa shape index (κ2) is 9.92. The number of ether oxygens (including phenoxy) is 1. The van der Waals surface area contributed by atoms with Gasteiger partial charge in [0.15, 0.2) is 0 Å². The smallest absolute Gasteiger partial charge is 0.328 e. The van der Waals surface area contributed by atoms with Crippen molar-refractivity contribution >= 4 is 11.9 Å². The zero-order valence-electron chi connectivity index (χ0n) is 13.2. The van der Waals surface area contributed by atoms with Crippen LogP contribution in [0.3, 0.4) is 0 Å². The summed E-state index contributed by atoms with van der Waals surface area (Å²) in [5.74, 6) is -1.03. The molecule has 0 spiro atoms. The van der Waals surface area contributed by atoms with Crippen molar-refractivity contribution in [1.82, 2.24) is 5.32 Å². The van der Waals surface area contributed by atoms with Crippen LogP contribution in [0.1, 0.15) is 44.6 Å². The number of hydrogen-bond acceptors (Lipinski definition) is 3. The monoisotopic (exact) mass is 309 g/mol. The van der Waals surface area contributed by atoms with Gasteiger partial charge in [0.25, 0.3) is 0 Å². The largest absolute Gasteiger partial charge is 0.467 e. The van der Waals surface area contributed by atoms with E-state index in [9.17, 15) is 14.0 Å². The number of nitrogens with one attached hydrogen (secondary N) is 1. The average molecular weight is 309 g/mol. The van der Waals surface area contributed by atoms with E-state index in [0.29, 0.717) is 12.0 Å². The Labute approximate surface area is 131 Å². The molecule has 0 heterocycles. The first kappa shape index (κ1) is 18.1. The molecule has 1 rings (SSSR count). The van der Waals surface area contributed by atoms with Crippen LogP contribution < -0.4 is 5.32 Å². The van der Waals surface area contributed by atoms with Crippen LogP contribution >= 0.6 is 0 Å². The number of carbonyl (C=O) groups excluding carboxylic acids is 2. The fourth-order valence-corrected chi connectivity index (χ4v) is 2.20. The number of esters is 1. The van der Waals surface area contributed by atoms with Crippen molar-refractivity contribution in [3.05, 3.63) is 35.6 Å². The van der Waals surface area contributed by atoms with Gasteiger partial charge in [0.1, 0.15) is 11.9 Å². The minimum Gasteiger partial charge on any atom is -0.467 e. The fraction of sp³-hybridized carbons (Fsp3) is 0.529. The third-order valence-corrected chi connectivity index (χ3v) is 3.45. The number of benzene rings is 1. The minimum atomic E-state index is -0.616. The van der Waals surface area contributed by atoms with Crippen molar-refractivity contribution < 1.29 is 18.7 Å². The first-order valence-corrected chi connectivity index (χ1v) is 7.68.